The van der Waals surface area contributed by atoms with Crippen LogP contribution in [0.2, 0.25) is 0 Å². The summed E-state index contributed by atoms with van der Waals surface area (Å²) in [5.74, 6) is 0. The minimum absolute atomic E-state index is 0.278. The fourth-order valence-electron chi connectivity index (χ4n) is 1.38. The van der Waals surface area contributed by atoms with Crippen LogP contribution in [0.15, 0.2) is 29.2 Å². The van der Waals surface area contributed by atoms with Gasteiger partial charge in [0, 0.05) is 13.2 Å². The monoisotopic (exact) mass is 336 g/mol. The second kappa shape index (κ2) is 7.64. The molecular formula is C12H21N2O3PS2. The van der Waals surface area contributed by atoms with Crippen LogP contribution in [0, 0.1) is 6.92 Å². The van der Waals surface area contributed by atoms with Gasteiger partial charge in [-0.15, -0.1) is 0 Å². The number of sulfonamides is 1. The van der Waals surface area contributed by atoms with Crippen molar-refractivity contribution in [2.24, 2.45) is 0 Å². The highest BCUT2D eigenvalue weighted by molar-refractivity contribution is 8.10. The first-order valence-corrected chi connectivity index (χ1v) is 10.9. The molecule has 0 aliphatic heterocycles. The molecule has 0 fully saturated rings. The van der Waals surface area contributed by atoms with Crippen molar-refractivity contribution < 1.29 is 12.9 Å². The van der Waals surface area contributed by atoms with E-state index >= 15 is 0 Å². The molecule has 5 nitrogen and oxygen atoms in total. The van der Waals surface area contributed by atoms with E-state index in [0.29, 0.717) is 19.6 Å². The van der Waals surface area contributed by atoms with Gasteiger partial charge in [-0.25, -0.2) is 13.1 Å². The Labute approximate surface area is 126 Å². The molecule has 8 heteroatoms. The minimum Gasteiger partial charge on any atom is -0.338 e. The first kappa shape index (κ1) is 17.8. The zero-order valence-electron chi connectivity index (χ0n) is 11.9. The van der Waals surface area contributed by atoms with E-state index in [9.17, 15) is 8.42 Å². The molecule has 0 spiro atoms. The van der Waals surface area contributed by atoms with Gasteiger partial charge in [0.1, 0.15) is 6.42 Å². The van der Waals surface area contributed by atoms with E-state index in [1.165, 1.54) is 0 Å². The van der Waals surface area contributed by atoms with Crippen LogP contribution in [0.1, 0.15) is 12.0 Å². The number of benzene rings is 1. The summed E-state index contributed by atoms with van der Waals surface area (Å²) >= 11 is 5.20. The topological polar surface area (TPSA) is 67.4 Å². The molecule has 0 amide bonds. The molecule has 0 saturated heterocycles. The molecule has 0 bridgehead atoms. The molecule has 114 valence electrons. The lowest BCUT2D eigenvalue weighted by Gasteiger charge is -2.16. The van der Waals surface area contributed by atoms with Gasteiger partial charge in [-0.2, -0.15) is 0 Å². The number of hydrogen-bond acceptors (Lipinski definition) is 4. The average molecular weight is 336 g/mol. The predicted molar refractivity (Wildman–Crippen MR) is 86.2 cm³/mol. The van der Waals surface area contributed by atoms with Gasteiger partial charge in [0.05, 0.1) is 11.5 Å². The molecule has 1 rings (SSSR count). The quantitative estimate of drug-likeness (QED) is 0.560. The Morgan fingerprint density at radius 1 is 1.30 bits per heavy atom. The van der Waals surface area contributed by atoms with Crippen LogP contribution in [-0.4, -0.2) is 35.3 Å². The van der Waals surface area contributed by atoms with Gasteiger partial charge in [-0.05, 0) is 32.5 Å². The van der Waals surface area contributed by atoms with E-state index in [1.54, 1.807) is 31.3 Å². The first-order valence-electron chi connectivity index (χ1n) is 6.24. The Bertz CT molecular complexity index is 573. The lowest BCUT2D eigenvalue weighted by Crippen LogP contribution is -2.25. The lowest BCUT2D eigenvalue weighted by atomic mass is 10.2. The Balaban J connectivity index is 2.41. The highest BCUT2D eigenvalue weighted by atomic mass is 32.4. The zero-order chi connectivity index (χ0) is 15.2. The fourth-order valence-corrected chi connectivity index (χ4v) is 3.29. The fraction of sp³-hybridized carbons (Fsp3) is 0.500. The summed E-state index contributed by atoms with van der Waals surface area (Å²) < 4.78 is 32.0. The number of rotatable bonds is 8. The summed E-state index contributed by atoms with van der Waals surface area (Å²) in [5.41, 5.74) is 1.03. The summed E-state index contributed by atoms with van der Waals surface area (Å²) in [6.45, 7) is 4.52. The molecule has 0 aromatic heterocycles. The molecule has 0 radical (unpaired) electrons. The van der Waals surface area contributed by atoms with E-state index < -0.39 is 16.4 Å². The second-order valence-corrected chi connectivity index (χ2v) is 10.7. The van der Waals surface area contributed by atoms with E-state index in [-0.39, 0.29) is 4.90 Å². The maximum atomic E-state index is 12.0. The van der Waals surface area contributed by atoms with Crippen LogP contribution in [0.25, 0.3) is 0 Å². The van der Waals surface area contributed by atoms with E-state index in [0.717, 1.165) is 5.56 Å². The number of nitrogens with one attached hydrogen (secondary N) is 2. The van der Waals surface area contributed by atoms with Crippen molar-refractivity contribution in [1.82, 2.24) is 9.81 Å². The third kappa shape index (κ3) is 5.99. The smallest absolute Gasteiger partial charge is 0.240 e. The Hall–Kier alpha value is -0.300. The average Bonchev–Trinajstić information content (AvgIpc) is 2.38. The summed E-state index contributed by atoms with van der Waals surface area (Å²) in [5, 5.41) is 2.94. The Morgan fingerprint density at radius 3 is 2.45 bits per heavy atom. The normalized spacial score (nSPS) is 14.9. The van der Waals surface area contributed by atoms with Crippen LogP contribution in [0.3, 0.4) is 0 Å². The van der Waals surface area contributed by atoms with Crippen molar-refractivity contribution in [1.29, 1.82) is 0 Å². The van der Waals surface area contributed by atoms with E-state index in [1.807, 2.05) is 13.6 Å². The molecule has 1 aromatic rings. The van der Waals surface area contributed by atoms with Crippen molar-refractivity contribution in [3.63, 3.8) is 0 Å². The van der Waals surface area contributed by atoms with Crippen LogP contribution in [-0.2, 0) is 26.4 Å². The molecule has 1 unspecified atom stereocenters. The zero-order valence-corrected chi connectivity index (χ0v) is 14.4. The van der Waals surface area contributed by atoms with Crippen LogP contribution in [0.5, 0.6) is 0 Å². The molecular weight excluding hydrogens is 315 g/mol. The van der Waals surface area contributed by atoms with Gasteiger partial charge in [0.25, 0.3) is 0 Å². The maximum absolute atomic E-state index is 12.0. The highest BCUT2D eigenvalue weighted by Crippen LogP contribution is 2.36. The lowest BCUT2D eigenvalue weighted by molar-refractivity contribution is 0.341. The van der Waals surface area contributed by atoms with Crippen LogP contribution < -0.4 is 9.81 Å². The van der Waals surface area contributed by atoms with Gasteiger partial charge >= 0.3 is 0 Å². The van der Waals surface area contributed by atoms with Crippen molar-refractivity contribution in [3.05, 3.63) is 29.8 Å². The predicted octanol–water partition coefficient (Wildman–Crippen LogP) is 1.84. The van der Waals surface area contributed by atoms with Gasteiger partial charge in [0.2, 0.25) is 10.0 Å². The third-order valence-corrected chi connectivity index (χ3v) is 6.52. The molecule has 1 aromatic carbocycles. The van der Waals surface area contributed by atoms with Gasteiger partial charge in [-0.3, -0.25) is 5.09 Å². The molecule has 0 heterocycles. The highest BCUT2D eigenvalue weighted by Gasteiger charge is 2.13. The Morgan fingerprint density at radius 2 is 1.90 bits per heavy atom. The summed E-state index contributed by atoms with van der Waals surface area (Å²) in [7, 11) is -1.67. The van der Waals surface area contributed by atoms with Gasteiger partial charge in [-0.1, -0.05) is 29.5 Å². The van der Waals surface area contributed by atoms with E-state index in [4.69, 9.17) is 16.3 Å². The molecule has 1 atom stereocenters. The number of hydrogen-bond donors (Lipinski definition) is 2. The maximum Gasteiger partial charge on any atom is 0.240 e. The molecule has 0 saturated carbocycles. The van der Waals surface area contributed by atoms with Crippen molar-refractivity contribution in [2.75, 3.05) is 26.9 Å². The van der Waals surface area contributed by atoms with Crippen molar-refractivity contribution in [2.45, 2.75) is 18.2 Å². The second-order valence-electron chi connectivity index (χ2n) is 4.47. The SMILES string of the molecule is CNP(C)(=S)OCCCNS(=O)(=O)c1ccc(C)cc1. The summed E-state index contributed by atoms with van der Waals surface area (Å²) in [6, 6.07) is 6.75. The minimum atomic E-state index is -3.44. The van der Waals surface area contributed by atoms with Gasteiger partial charge < -0.3 is 4.52 Å². The van der Waals surface area contributed by atoms with Gasteiger partial charge in [0.15, 0.2) is 0 Å². The summed E-state index contributed by atoms with van der Waals surface area (Å²) in [6.07, 6.45) is -1.33. The molecule has 0 aliphatic rings. The van der Waals surface area contributed by atoms with Crippen LogP contribution in [0.4, 0.5) is 0 Å². The largest absolute Gasteiger partial charge is 0.338 e. The van der Waals surface area contributed by atoms with Crippen LogP contribution >= 0.6 is 6.42 Å². The van der Waals surface area contributed by atoms with Crippen molar-refractivity contribution >= 4 is 28.2 Å². The molecule has 0 aliphatic carbocycles. The number of aryl methyl sites for hydroxylation is 1. The third-order valence-electron chi connectivity index (χ3n) is 2.69. The standard InChI is InChI=1S/C12H21N2O3PS2/c1-11-5-7-12(8-6-11)20(15,16)14-9-4-10-17-18(3,19)13-2/h5-8,14H,4,9-10H2,1-3H3,(H,13,19). The molecule has 2 N–H and O–H groups in total. The summed E-state index contributed by atoms with van der Waals surface area (Å²) in [4.78, 5) is 0.278. The van der Waals surface area contributed by atoms with E-state index in [2.05, 4.69) is 9.81 Å². The molecule has 20 heavy (non-hydrogen) atoms. The first-order chi connectivity index (χ1) is 9.27. The van der Waals surface area contributed by atoms with Crippen molar-refractivity contribution in [3.8, 4) is 0 Å². The Kier molecular flexibility index (Phi) is 6.78.